The number of hydrogen-bond acceptors (Lipinski definition) is 3. The van der Waals surface area contributed by atoms with E-state index in [2.05, 4.69) is 29.6 Å². The fourth-order valence-electron chi connectivity index (χ4n) is 3.16. The third kappa shape index (κ3) is 8.37. The van der Waals surface area contributed by atoms with Crippen LogP contribution in [0.2, 0.25) is 0 Å². The Morgan fingerprint density at radius 1 is 1.06 bits per heavy atom. The molecule has 1 atom stereocenters. The first-order chi connectivity index (χ1) is 14.8. The molecule has 0 spiro atoms. The Labute approximate surface area is 189 Å². The van der Waals surface area contributed by atoms with Crippen LogP contribution in [0.1, 0.15) is 44.7 Å². The van der Waals surface area contributed by atoms with E-state index in [1.807, 2.05) is 27.7 Å². The summed E-state index contributed by atoms with van der Waals surface area (Å²) < 4.78 is 13.3. The molecule has 31 heavy (non-hydrogen) atoms. The highest BCUT2D eigenvalue weighted by Crippen LogP contribution is 2.21. The summed E-state index contributed by atoms with van der Waals surface area (Å²) in [4.78, 5) is 28.7. The van der Waals surface area contributed by atoms with Crippen molar-refractivity contribution in [2.45, 2.75) is 58.0 Å². The van der Waals surface area contributed by atoms with Gasteiger partial charge in [-0.2, -0.15) is 0 Å². The van der Waals surface area contributed by atoms with Gasteiger partial charge in [0, 0.05) is 30.2 Å². The van der Waals surface area contributed by atoms with E-state index in [4.69, 9.17) is 0 Å². The minimum absolute atomic E-state index is 0.0736. The van der Waals surface area contributed by atoms with Crippen LogP contribution in [0.15, 0.2) is 53.4 Å². The van der Waals surface area contributed by atoms with Crippen LogP contribution in [-0.4, -0.2) is 35.1 Å². The number of nitrogens with zero attached hydrogens (tertiary/aromatic N) is 1. The topological polar surface area (TPSA) is 49.4 Å². The Balaban J connectivity index is 2.10. The quantitative estimate of drug-likeness (QED) is 0.485. The van der Waals surface area contributed by atoms with E-state index in [9.17, 15) is 14.0 Å². The van der Waals surface area contributed by atoms with Crippen LogP contribution in [0.3, 0.4) is 0 Å². The van der Waals surface area contributed by atoms with Gasteiger partial charge in [0.2, 0.25) is 11.8 Å². The maximum Gasteiger partial charge on any atom is 0.242 e. The monoisotopic (exact) mass is 444 g/mol. The summed E-state index contributed by atoms with van der Waals surface area (Å²) in [5.41, 5.74) is 2.00. The Morgan fingerprint density at radius 3 is 2.29 bits per heavy atom. The highest BCUT2D eigenvalue weighted by molar-refractivity contribution is 7.99. The number of hydrogen-bond donors (Lipinski definition) is 1. The molecule has 0 aliphatic heterocycles. The van der Waals surface area contributed by atoms with E-state index in [1.165, 1.54) is 17.7 Å². The van der Waals surface area contributed by atoms with Gasteiger partial charge < -0.3 is 10.2 Å². The van der Waals surface area contributed by atoms with E-state index < -0.39 is 6.04 Å². The lowest BCUT2D eigenvalue weighted by Crippen LogP contribution is -2.49. The third-order valence-corrected chi connectivity index (χ3v) is 5.96. The molecule has 0 aromatic heterocycles. The number of nitrogens with one attached hydrogen (secondary N) is 1. The molecule has 4 nitrogen and oxygen atoms in total. The van der Waals surface area contributed by atoms with Crippen molar-refractivity contribution in [1.82, 2.24) is 10.2 Å². The number of amides is 2. The summed E-state index contributed by atoms with van der Waals surface area (Å²) >= 11 is 1.63. The molecule has 0 fully saturated rings. The lowest BCUT2D eigenvalue weighted by Gasteiger charge is -2.31. The minimum Gasteiger partial charge on any atom is -0.354 e. The van der Waals surface area contributed by atoms with Gasteiger partial charge in [-0.3, -0.25) is 9.59 Å². The van der Waals surface area contributed by atoms with Crippen molar-refractivity contribution in [3.05, 3.63) is 65.5 Å². The Morgan fingerprint density at radius 2 is 1.71 bits per heavy atom. The van der Waals surface area contributed by atoms with E-state index in [1.54, 1.807) is 28.8 Å². The third-order valence-electron chi connectivity index (χ3n) is 4.94. The summed E-state index contributed by atoms with van der Waals surface area (Å²) in [6.07, 6.45) is 0.843. The number of benzene rings is 2. The lowest BCUT2D eigenvalue weighted by molar-refractivity contribution is -0.141. The molecule has 6 heteroatoms. The molecule has 0 bridgehead atoms. The summed E-state index contributed by atoms with van der Waals surface area (Å²) in [6, 6.07) is 13.7. The number of rotatable bonds is 11. The average molecular weight is 445 g/mol. The fraction of sp³-hybridized carbons (Fsp3) is 0.440. The SMILES string of the molecule is CCC(C(=O)NCC(C)C)N(Cc1ccc(F)cc1)C(=O)CCSc1ccc(C)cc1. The predicted molar refractivity (Wildman–Crippen MR) is 125 cm³/mol. The summed E-state index contributed by atoms with van der Waals surface area (Å²) in [6.45, 7) is 8.86. The van der Waals surface area contributed by atoms with E-state index in [-0.39, 0.29) is 24.2 Å². The molecule has 0 saturated carbocycles. The van der Waals surface area contributed by atoms with E-state index >= 15 is 0 Å². The van der Waals surface area contributed by atoms with Crippen LogP contribution in [0, 0.1) is 18.7 Å². The Bertz CT molecular complexity index is 838. The van der Waals surface area contributed by atoms with Gasteiger partial charge in [0.15, 0.2) is 0 Å². The van der Waals surface area contributed by atoms with Crippen molar-refractivity contribution >= 4 is 23.6 Å². The normalized spacial score (nSPS) is 11.9. The van der Waals surface area contributed by atoms with Crippen LogP contribution in [0.5, 0.6) is 0 Å². The second-order valence-electron chi connectivity index (χ2n) is 8.12. The van der Waals surface area contributed by atoms with Crippen molar-refractivity contribution in [2.75, 3.05) is 12.3 Å². The molecule has 1 unspecified atom stereocenters. The molecule has 2 aromatic rings. The van der Waals surface area contributed by atoms with E-state index in [0.717, 1.165) is 10.5 Å². The first kappa shape index (κ1) is 24.9. The van der Waals surface area contributed by atoms with Gasteiger partial charge >= 0.3 is 0 Å². The molecule has 0 saturated heterocycles. The fourth-order valence-corrected chi connectivity index (χ4v) is 4.00. The molecular formula is C25H33FN2O2S. The first-order valence-electron chi connectivity index (χ1n) is 10.8. The lowest BCUT2D eigenvalue weighted by atomic mass is 10.1. The maximum atomic E-state index is 13.3. The van der Waals surface area contributed by atoms with Gasteiger partial charge in [0.05, 0.1) is 0 Å². The zero-order valence-electron chi connectivity index (χ0n) is 18.9. The van der Waals surface area contributed by atoms with Crippen LogP contribution in [0.4, 0.5) is 4.39 Å². The van der Waals surface area contributed by atoms with Gasteiger partial charge in [-0.25, -0.2) is 4.39 Å². The van der Waals surface area contributed by atoms with Crippen LogP contribution in [0.25, 0.3) is 0 Å². The molecular weight excluding hydrogens is 411 g/mol. The Hall–Kier alpha value is -2.34. The Kier molecular flexibility index (Phi) is 10.0. The summed E-state index contributed by atoms with van der Waals surface area (Å²) in [5.74, 6) is 0.422. The molecule has 2 aromatic carbocycles. The van der Waals surface area contributed by atoms with Crippen LogP contribution >= 0.6 is 11.8 Å². The van der Waals surface area contributed by atoms with Crippen molar-refractivity contribution < 1.29 is 14.0 Å². The molecule has 2 amide bonds. The number of aryl methyl sites for hydroxylation is 1. The second kappa shape index (κ2) is 12.5. The molecule has 0 heterocycles. The zero-order valence-corrected chi connectivity index (χ0v) is 19.7. The average Bonchev–Trinajstić information content (AvgIpc) is 2.74. The van der Waals surface area contributed by atoms with Crippen LogP contribution in [-0.2, 0) is 16.1 Å². The highest BCUT2D eigenvalue weighted by atomic mass is 32.2. The first-order valence-corrected chi connectivity index (χ1v) is 11.8. The standard InChI is InChI=1S/C25H33FN2O2S/c1-5-23(25(30)27-16-18(2)3)28(17-20-8-10-21(26)11-9-20)24(29)14-15-31-22-12-6-19(4)7-13-22/h6-13,18,23H,5,14-17H2,1-4H3,(H,27,30). The van der Waals surface area contributed by atoms with Crippen molar-refractivity contribution in [2.24, 2.45) is 5.92 Å². The van der Waals surface area contributed by atoms with Gasteiger partial charge in [-0.1, -0.05) is 50.6 Å². The molecule has 0 aliphatic rings. The molecule has 1 N–H and O–H groups in total. The molecule has 0 radical (unpaired) electrons. The molecule has 2 rings (SSSR count). The summed E-state index contributed by atoms with van der Waals surface area (Å²) in [7, 11) is 0. The van der Waals surface area contributed by atoms with Gasteiger partial charge in [0.25, 0.3) is 0 Å². The highest BCUT2D eigenvalue weighted by Gasteiger charge is 2.28. The number of carbonyl (C=O) groups is 2. The number of halogens is 1. The number of carbonyl (C=O) groups excluding carboxylic acids is 2. The van der Waals surface area contributed by atoms with Crippen molar-refractivity contribution in [3.8, 4) is 0 Å². The predicted octanol–water partition coefficient (Wildman–Crippen LogP) is 5.20. The van der Waals surface area contributed by atoms with E-state index in [0.29, 0.717) is 31.1 Å². The van der Waals surface area contributed by atoms with Crippen LogP contribution < -0.4 is 5.32 Å². The van der Waals surface area contributed by atoms with Gasteiger partial charge in [-0.15, -0.1) is 11.8 Å². The maximum absolute atomic E-state index is 13.3. The largest absolute Gasteiger partial charge is 0.354 e. The number of thioether (sulfide) groups is 1. The van der Waals surface area contributed by atoms with Crippen molar-refractivity contribution in [1.29, 1.82) is 0 Å². The second-order valence-corrected chi connectivity index (χ2v) is 9.29. The molecule has 0 aliphatic carbocycles. The molecule has 168 valence electrons. The minimum atomic E-state index is -0.555. The summed E-state index contributed by atoms with van der Waals surface area (Å²) in [5, 5.41) is 2.95. The zero-order chi connectivity index (χ0) is 22.8. The van der Waals surface area contributed by atoms with Crippen molar-refractivity contribution in [3.63, 3.8) is 0 Å². The van der Waals surface area contributed by atoms with Gasteiger partial charge in [0.1, 0.15) is 11.9 Å². The smallest absolute Gasteiger partial charge is 0.242 e. The van der Waals surface area contributed by atoms with Gasteiger partial charge in [-0.05, 0) is 49.1 Å².